The molecule has 4 rings (SSSR count). The van der Waals surface area contributed by atoms with Gasteiger partial charge in [0.25, 0.3) is 0 Å². The predicted molar refractivity (Wildman–Crippen MR) is 96.6 cm³/mol. The number of nitrogens with two attached hydrogens (primary N) is 1. The molecule has 5 heteroatoms. The van der Waals surface area contributed by atoms with E-state index in [-0.39, 0.29) is 0 Å². The standard InChI is InChI=1S/C19H30N4O/c20-17-3-1-15(2-4-17)6-9-22-10-12-23(13-11-22)19-18-16(5-8-21-19)7-14-24-18/h5,8,15,17H,1-4,6-7,9-14,20H2. The van der Waals surface area contributed by atoms with Crippen molar-refractivity contribution in [3.05, 3.63) is 17.8 Å². The zero-order valence-electron chi connectivity index (χ0n) is 14.6. The fourth-order valence-electron chi connectivity index (χ4n) is 4.34. The molecular weight excluding hydrogens is 300 g/mol. The number of rotatable bonds is 4. The average Bonchev–Trinajstić information content (AvgIpc) is 3.10. The third-order valence-corrected chi connectivity index (χ3v) is 6.00. The number of hydrogen-bond acceptors (Lipinski definition) is 5. The van der Waals surface area contributed by atoms with Crippen LogP contribution in [0.5, 0.6) is 5.75 Å². The van der Waals surface area contributed by atoms with Gasteiger partial charge in [0, 0.05) is 50.4 Å². The van der Waals surface area contributed by atoms with Crippen molar-refractivity contribution in [1.82, 2.24) is 9.88 Å². The molecule has 1 aromatic rings. The third-order valence-electron chi connectivity index (χ3n) is 6.00. The summed E-state index contributed by atoms with van der Waals surface area (Å²) in [5, 5.41) is 0. The molecule has 5 nitrogen and oxygen atoms in total. The van der Waals surface area contributed by atoms with Crippen molar-refractivity contribution in [2.75, 3.05) is 44.2 Å². The van der Waals surface area contributed by atoms with Crippen LogP contribution in [0, 0.1) is 5.92 Å². The molecule has 132 valence electrons. The Morgan fingerprint density at radius 3 is 2.71 bits per heavy atom. The number of anilines is 1. The third kappa shape index (κ3) is 3.52. The maximum atomic E-state index is 6.01. The van der Waals surface area contributed by atoms with Crippen molar-refractivity contribution < 1.29 is 4.74 Å². The van der Waals surface area contributed by atoms with Crippen LogP contribution in [0.3, 0.4) is 0 Å². The molecule has 0 bridgehead atoms. The van der Waals surface area contributed by atoms with Crippen molar-refractivity contribution >= 4 is 5.82 Å². The highest BCUT2D eigenvalue weighted by molar-refractivity contribution is 5.58. The second kappa shape index (κ2) is 7.28. The lowest BCUT2D eigenvalue weighted by molar-refractivity contribution is 0.216. The molecule has 0 aromatic carbocycles. The molecule has 3 aliphatic rings. The van der Waals surface area contributed by atoms with Gasteiger partial charge in [-0.3, -0.25) is 4.90 Å². The summed E-state index contributed by atoms with van der Waals surface area (Å²) < 4.78 is 5.82. The summed E-state index contributed by atoms with van der Waals surface area (Å²) in [6.45, 7) is 6.43. The summed E-state index contributed by atoms with van der Waals surface area (Å²) in [6.07, 6.45) is 9.41. The largest absolute Gasteiger partial charge is 0.489 e. The van der Waals surface area contributed by atoms with E-state index in [4.69, 9.17) is 10.5 Å². The van der Waals surface area contributed by atoms with Crippen LogP contribution < -0.4 is 15.4 Å². The number of piperazine rings is 1. The maximum absolute atomic E-state index is 6.01. The van der Waals surface area contributed by atoms with Gasteiger partial charge >= 0.3 is 0 Å². The van der Waals surface area contributed by atoms with Crippen LogP contribution in [-0.2, 0) is 6.42 Å². The van der Waals surface area contributed by atoms with Gasteiger partial charge in [0.15, 0.2) is 11.6 Å². The van der Waals surface area contributed by atoms with Gasteiger partial charge in [-0.15, -0.1) is 0 Å². The summed E-state index contributed by atoms with van der Waals surface area (Å²) in [7, 11) is 0. The summed E-state index contributed by atoms with van der Waals surface area (Å²) in [5.74, 6) is 2.99. The molecule has 24 heavy (non-hydrogen) atoms. The Balaban J connectivity index is 1.26. The summed E-state index contributed by atoms with van der Waals surface area (Å²) >= 11 is 0. The van der Waals surface area contributed by atoms with Crippen molar-refractivity contribution in [2.24, 2.45) is 11.7 Å². The number of pyridine rings is 1. The first-order chi connectivity index (χ1) is 11.8. The van der Waals surface area contributed by atoms with Crippen LogP contribution in [0.1, 0.15) is 37.7 Å². The minimum atomic E-state index is 0.465. The lowest BCUT2D eigenvalue weighted by atomic mass is 9.84. The zero-order chi connectivity index (χ0) is 16.4. The molecular formula is C19H30N4O. The van der Waals surface area contributed by atoms with E-state index in [2.05, 4.69) is 20.9 Å². The van der Waals surface area contributed by atoms with E-state index in [1.54, 1.807) is 0 Å². The Morgan fingerprint density at radius 1 is 1.12 bits per heavy atom. The number of ether oxygens (including phenoxy) is 1. The first-order valence-electron chi connectivity index (χ1n) is 9.63. The fraction of sp³-hybridized carbons (Fsp3) is 0.737. The minimum Gasteiger partial charge on any atom is -0.489 e. The molecule has 2 N–H and O–H groups in total. The second-order valence-electron chi connectivity index (χ2n) is 7.62. The predicted octanol–water partition coefficient (Wildman–Crippen LogP) is 2.05. The molecule has 0 atom stereocenters. The van der Waals surface area contributed by atoms with E-state index >= 15 is 0 Å². The lowest BCUT2D eigenvalue weighted by Crippen LogP contribution is -2.47. The van der Waals surface area contributed by atoms with Gasteiger partial charge in [-0.1, -0.05) is 0 Å². The van der Waals surface area contributed by atoms with Crippen LogP contribution in [0.25, 0.3) is 0 Å². The molecule has 2 aliphatic heterocycles. The molecule has 0 unspecified atom stereocenters. The van der Waals surface area contributed by atoms with Gasteiger partial charge in [0.1, 0.15) is 0 Å². The number of nitrogens with zero attached hydrogens (tertiary/aromatic N) is 3. The summed E-state index contributed by atoms with van der Waals surface area (Å²) in [4.78, 5) is 9.62. The maximum Gasteiger partial charge on any atom is 0.171 e. The quantitative estimate of drug-likeness (QED) is 0.916. The van der Waals surface area contributed by atoms with Crippen LogP contribution in [-0.4, -0.2) is 55.3 Å². The van der Waals surface area contributed by atoms with Crippen LogP contribution in [0.4, 0.5) is 5.82 Å². The summed E-state index contributed by atoms with van der Waals surface area (Å²) in [5.41, 5.74) is 7.33. The van der Waals surface area contributed by atoms with E-state index in [1.807, 2.05) is 6.20 Å². The zero-order valence-corrected chi connectivity index (χ0v) is 14.6. The Morgan fingerprint density at radius 2 is 1.92 bits per heavy atom. The highest BCUT2D eigenvalue weighted by Crippen LogP contribution is 2.34. The monoisotopic (exact) mass is 330 g/mol. The average molecular weight is 330 g/mol. The fourth-order valence-corrected chi connectivity index (χ4v) is 4.34. The molecule has 1 aliphatic carbocycles. The Labute approximate surface area is 145 Å². The van der Waals surface area contributed by atoms with Gasteiger partial charge in [-0.2, -0.15) is 0 Å². The first kappa shape index (κ1) is 16.2. The van der Waals surface area contributed by atoms with Crippen LogP contribution in [0.2, 0.25) is 0 Å². The number of hydrogen-bond donors (Lipinski definition) is 1. The summed E-state index contributed by atoms with van der Waals surface area (Å²) in [6, 6.07) is 2.56. The number of aromatic nitrogens is 1. The van der Waals surface area contributed by atoms with Gasteiger partial charge in [0.2, 0.25) is 0 Å². The topological polar surface area (TPSA) is 54.6 Å². The van der Waals surface area contributed by atoms with Gasteiger partial charge in [-0.05, 0) is 50.6 Å². The molecule has 0 radical (unpaired) electrons. The van der Waals surface area contributed by atoms with Crippen molar-refractivity contribution in [2.45, 2.75) is 44.6 Å². The smallest absolute Gasteiger partial charge is 0.171 e. The number of fused-ring (bicyclic) bond motifs is 1. The van der Waals surface area contributed by atoms with E-state index < -0.39 is 0 Å². The molecule has 1 aromatic heterocycles. The minimum absolute atomic E-state index is 0.465. The van der Waals surface area contributed by atoms with Crippen molar-refractivity contribution in [1.29, 1.82) is 0 Å². The molecule has 0 spiro atoms. The van der Waals surface area contributed by atoms with E-state index in [9.17, 15) is 0 Å². The van der Waals surface area contributed by atoms with Gasteiger partial charge < -0.3 is 15.4 Å². The Kier molecular flexibility index (Phi) is 4.90. The van der Waals surface area contributed by atoms with Crippen LogP contribution in [0.15, 0.2) is 12.3 Å². The second-order valence-corrected chi connectivity index (χ2v) is 7.62. The lowest BCUT2D eigenvalue weighted by Gasteiger charge is -2.36. The Hall–Kier alpha value is -1.33. The van der Waals surface area contributed by atoms with E-state index in [1.165, 1.54) is 44.2 Å². The molecule has 1 saturated heterocycles. The molecule has 3 heterocycles. The van der Waals surface area contributed by atoms with Crippen LogP contribution >= 0.6 is 0 Å². The van der Waals surface area contributed by atoms with E-state index in [0.29, 0.717) is 6.04 Å². The van der Waals surface area contributed by atoms with E-state index in [0.717, 1.165) is 56.7 Å². The highest BCUT2D eigenvalue weighted by atomic mass is 16.5. The normalized spacial score (nSPS) is 27.8. The van der Waals surface area contributed by atoms with Gasteiger partial charge in [-0.25, -0.2) is 4.98 Å². The molecule has 0 amide bonds. The van der Waals surface area contributed by atoms with Gasteiger partial charge in [0.05, 0.1) is 6.61 Å². The Bertz CT molecular complexity index is 548. The van der Waals surface area contributed by atoms with Crippen molar-refractivity contribution in [3.8, 4) is 5.75 Å². The molecule has 2 fully saturated rings. The highest BCUT2D eigenvalue weighted by Gasteiger charge is 2.25. The SMILES string of the molecule is NC1CCC(CCN2CCN(c3nccc4c3OCC4)CC2)CC1. The molecule has 1 saturated carbocycles. The first-order valence-corrected chi connectivity index (χ1v) is 9.63. The van der Waals surface area contributed by atoms with Crippen molar-refractivity contribution in [3.63, 3.8) is 0 Å².